The predicted molar refractivity (Wildman–Crippen MR) is 28.2 cm³/mol. The van der Waals surface area contributed by atoms with E-state index in [1.807, 2.05) is 0 Å². The molecule has 1 unspecified atom stereocenters. The summed E-state index contributed by atoms with van der Waals surface area (Å²) < 4.78 is 9.65. The van der Waals surface area contributed by atoms with Gasteiger partial charge in [0, 0.05) is 0 Å². The Kier molecular flexibility index (Phi) is 2.02. The molecule has 0 aromatic rings. The maximum atomic E-state index is 10.1. The third kappa shape index (κ3) is 1.65. The van der Waals surface area contributed by atoms with Gasteiger partial charge < -0.3 is 14.6 Å². The normalized spacial score (nSPS) is 27.8. The summed E-state index contributed by atoms with van der Waals surface area (Å²) in [7, 11) is 0. The minimum Gasteiger partial charge on any atom is -0.479 e. The molecule has 0 aromatic carbocycles. The number of carbonyl (C=O) groups is 1. The van der Waals surface area contributed by atoms with Crippen LogP contribution >= 0.6 is 0 Å². The number of carboxylic acids is 1. The highest BCUT2D eigenvalue weighted by Gasteiger charge is 2.20. The standard InChI is InChI=1S/C5H8O4/c6-5(7)4-3-8-1-2-9-4/h4H,1-3H2,(H,6,7). The SMILES string of the molecule is O=C(O)C1COCCO1. The second-order valence-electron chi connectivity index (χ2n) is 1.77. The van der Waals surface area contributed by atoms with E-state index in [1.165, 1.54) is 0 Å². The van der Waals surface area contributed by atoms with Crippen LogP contribution in [0.25, 0.3) is 0 Å². The topological polar surface area (TPSA) is 55.8 Å². The third-order valence-corrected chi connectivity index (χ3v) is 1.09. The third-order valence-electron chi connectivity index (χ3n) is 1.09. The Balaban J connectivity index is 2.31. The van der Waals surface area contributed by atoms with Gasteiger partial charge in [-0.25, -0.2) is 4.79 Å². The largest absolute Gasteiger partial charge is 0.479 e. The zero-order valence-corrected chi connectivity index (χ0v) is 4.87. The molecular weight excluding hydrogens is 124 g/mol. The average Bonchev–Trinajstić information content (AvgIpc) is 1.90. The first-order chi connectivity index (χ1) is 4.30. The van der Waals surface area contributed by atoms with Crippen molar-refractivity contribution >= 4 is 5.97 Å². The maximum Gasteiger partial charge on any atom is 0.335 e. The van der Waals surface area contributed by atoms with Crippen LogP contribution < -0.4 is 0 Å². The molecule has 0 aromatic heterocycles. The van der Waals surface area contributed by atoms with Crippen LogP contribution in [0.15, 0.2) is 0 Å². The molecule has 1 N–H and O–H groups in total. The van der Waals surface area contributed by atoms with E-state index in [1.54, 1.807) is 0 Å². The summed E-state index contributed by atoms with van der Waals surface area (Å²) in [5, 5.41) is 8.33. The number of ether oxygens (including phenoxy) is 2. The monoisotopic (exact) mass is 132 g/mol. The highest BCUT2D eigenvalue weighted by Crippen LogP contribution is 1.99. The van der Waals surface area contributed by atoms with Gasteiger partial charge in [0.15, 0.2) is 6.10 Å². The molecule has 0 amide bonds. The fraction of sp³-hybridized carbons (Fsp3) is 0.800. The molecule has 1 aliphatic heterocycles. The van der Waals surface area contributed by atoms with Gasteiger partial charge in [0.1, 0.15) is 0 Å². The Morgan fingerprint density at radius 1 is 1.56 bits per heavy atom. The van der Waals surface area contributed by atoms with Gasteiger partial charge in [-0.2, -0.15) is 0 Å². The molecular formula is C5H8O4. The molecule has 1 rings (SSSR count). The van der Waals surface area contributed by atoms with Gasteiger partial charge in [0.2, 0.25) is 0 Å². The van der Waals surface area contributed by atoms with Crippen molar-refractivity contribution < 1.29 is 19.4 Å². The number of rotatable bonds is 1. The molecule has 1 fully saturated rings. The van der Waals surface area contributed by atoms with E-state index in [-0.39, 0.29) is 6.61 Å². The van der Waals surface area contributed by atoms with E-state index in [4.69, 9.17) is 14.6 Å². The van der Waals surface area contributed by atoms with Crippen LogP contribution in [0.3, 0.4) is 0 Å². The molecule has 52 valence electrons. The van der Waals surface area contributed by atoms with E-state index in [0.29, 0.717) is 13.2 Å². The van der Waals surface area contributed by atoms with E-state index >= 15 is 0 Å². The van der Waals surface area contributed by atoms with Gasteiger partial charge in [0.25, 0.3) is 0 Å². The zero-order valence-electron chi connectivity index (χ0n) is 4.87. The summed E-state index contributed by atoms with van der Waals surface area (Å²) in [4.78, 5) is 10.1. The Morgan fingerprint density at radius 3 is 2.67 bits per heavy atom. The summed E-state index contributed by atoms with van der Waals surface area (Å²) >= 11 is 0. The minimum absolute atomic E-state index is 0.176. The molecule has 0 aliphatic carbocycles. The molecule has 0 spiro atoms. The lowest BCUT2D eigenvalue weighted by Gasteiger charge is -2.18. The summed E-state index contributed by atoms with van der Waals surface area (Å²) in [6.07, 6.45) is -0.751. The maximum absolute atomic E-state index is 10.1. The molecule has 9 heavy (non-hydrogen) atoms. The summed E-state index contributed by atoms with van der Waals surface area (Å²) in [6.45, 7) is 1.07. The Bertz CT molecular complexity index is 106. The van der Waals surface area contributed by atoms with Gasteiger partial charge in [-0.05, 0) is 0 Å². The summed E-state index contributed by atoms with van der Waals surface area (Å²) in [6, 6.07) is 0. The first-order valence-corrected chi connectivity index (χ1v) is 2.73. The Morgan fingerprint density at radius 2 is 2.33 bits per heavy atom. The molecule has 4 heteroatoms. The summed E-state index contributed by atoms with van der Waals surface area (Å²) in [5.74, 6) is -0.949. The van der Waals surface area contributed by atoms with Crippen LogP contribution in [0, 0.1) is 0 Å². The lowest BCUT2D eigenvalue weighted by molar-refractivity contribution is -0.164. The van der Waals surface area contributed by atoms with Gasteiger partial charge >= 0.3 is 5.97 Å². The first kappa shape index (κ1) is 6.51. The first-order valence-electron chi connectivity index (χ1n) is 2.73. The lowest BCUT2D eigenvalue weighted by Crippen LogP contribution is -2.35. The van der Waals surface area contributed by atoms with Crippen molar-refractivity contribution in [3.8, 4) is 0 Å². The highest BCUT2D eigenvalue weighted by molar-refractivity contribution is 5.72. The van der Waals surface area contributed by atoms with Gasteiger partial charge in [-0.1, -0.05) is 0 Å². The average molecular weight is 132 g/mol. The quantitative estimate of drug-likeness (QED) is 0.522. The van der Waals surface area contributed by atoms with Crippen molar-refractivity contribution in [2.75, 3.05) is 19.8 Å². The van der Waals surface area contributed by atoms with E-state index < -0.39 is 12.1 Å². The smallest absolute Gasteiger partial charge is 0.335 e. The molecule has 1 heterocycles. The van der Waals surface area contributed by atoms with E-state index in [2.05, 4.69) is 0 Å². The number of aliphatic carboxylic acids is 1. The van der Waals surface area contributed by atoms with E-state index in [0.717, 1.165) is 0 Å². The molecule has 0 bridgehead atoms. The van der Waals surface area contributed by atoms with Crippen LogP contribution in [-0.4, -0.2) is 37.0 Å². The van der Waals surface area contributed by atoms with Crippen LogP contribution in [0.1, 0.15) is 0 Å². The highest BCUT2D eigenvalue weighted by atomic mass is 16.6. The molecule has 1 atom stereocenters. The van der Waals surface area contributed by atoms with Crippen LogP contribution in [0.4, 0.5) is 0 Å². The second kappa shape index (κ2) is 2.80. The Hall–Kier alpha value is -0.610. The Labute approximate surface area is 52.4 Å². The second-order valence-corrected chi connectivity index (χ2v) is 1.77. The fourth-order valence-electron chi connectivity index (χ4n) is 0.630. The van der Waals surface area contributed by atoms with Gasteiger partial charge in [-0.15, -0.1) is 0 Å². The zero-order chi connectivity index (χ0) is 6.69. The van der Waals surface area contributed by atoms with Crippen molar-refractivity contribution in [2.45, 2.75) is 6.10 Å². The van der Waals surface area contributed by atoms with Crippen molar-refractivity contribution in [3.05, 3.63) is 0 Å². The summed E-state index contributed by atoms with van der Waals surface area (Å²) in [5.41, 5.74) is 0. The molecule has 4 nitrogen and oxygen atoms in total. The van der Waals surface area contributed by atoms with Crippen molar-refractivity contribution in [1.82, 2.24) is 0 Å². The number of carboxylic acid groups (broad SMARTS) is 1. The molecule has 1 saturated heterocycles. The van der Waals surface area contributed by atoms with Gasteiger partial charge in [0.05, 0.1) is 19.8 Å². The minimum atomic E-state index is -0.949. The molecule has 1 aliphatic rings. The lowest BCUT2D eigenvalue weighted by atomic mass is 10.4. The molecule has 0 radical (unpaired) electrons. The van der Waals surface area contributed by atoms with Crippen LogP contribution in [0.2, 0.25) is 0 Å². The number of hydrogen-bond acceptors (Lipinski definition) is 3. The van der Waals surface area contributed by atoms with Crippen molar-refractivity contribution in [2.24, 2.45) is 0 Å². The van der Waals surface area contributed by atoms with Crippen molar-refractivity contribution in [1.29, 1.82) is 0 Å². The fourth-order valence-corrected chi connectivity index (χ4v) is 0.630. The molecule has 0 saturated carbocycles. The van der Waals surface area contributed by atoms with Crippen LogP contribution in [0.5, 0.6) is 0 Å². The van der Waals surface area contributed by atoms with Crippen LogP contribution in [-0.2, 0) is 14.3 Å². The van der Waals surface area contributed by atoms with E-state index in [9.17, 15) is 4.79 Å². The predicted octanol–water partition coefficient (Wildman–Crippen LogP) is -0.514. The van der Waals surface area contributed by atoms with Gasteiger partial charge in [-0.3, -0.25) is 0 Å². The number of hydrogen-bond donors (Lipinski definition) is 1. The van der Waals surface area contributed by atoms with Crippen molar-refractivity contribution in [3.63, 3.8) is 0 Å².